The molecule has 4 aromatic rings. The number of benzene rings is 4. The summed E-state index contributed by atoms with van der Waals surface area (Å²) in [5, 5.41) is 0. The summed E-state index contributed by atoms with van der Waals surface area (Å²) in [6.45, 7) is 5.76. The maximum absolute atomic E-state index is 13.6. The number of hydrogen-bond donors (Lipinski definition) is 0. The first-order chi connectivity index (χ1) is 27.0. The summed E-state index contributed by atoms with van der Waals surface area (Å²) in [5.74, 6) is 2.40. The fraction of sp³-hybridized carbons (Fsp3) is 0.462. The van der Waals surface area contributed by atoms with Gasteiger partial charge in [-0.25, -0.2) is 8.78 Å². The third kappa shape index (κ3) is 12.1. The zero-order valence-corrected chi connectivity index (χ0v) is 33.6. The molecule has 0 heterocycles. The summed E-state index contributed by atoms with van der Waals surface area (Å²) >= 11 is 0. The van der Waals surface area contributed by atoms with Crippen LogP contribution in [-0.4, -0.2) is 13.2 Å². The molecule has 0 radical (unpaired) electrons. The molecule has 55 heavy (non-hydrogen) atoms. The van der Waals surface area contributed by atoms with Crippen molar-refractivity contribution >= 4 is 11.1 Å². The SMILES string of the molecule is CCCCCC1CCC(C(=CCOCC=C(c2ccc(-c3ccc(F)cc3)cc2)C2CCC(CCCCC)CC2)c2ccc(-c3ccc(F)cc3)cc2)CC1. The van der Waals surface area contributed by atoms with Gasteiger partial charge in [0.15, 0.2) is 0 Å². The molecule has 0 N–H and O–H groups in total. The summed E-state index contributed by atoms with van der Waals surface area (Å²) in [6, 6.07) is 31.3. The third-order valence-electron chi connectivity index (χ3n) is 12.6. The minimum absolute atomic E-state index is 0.206. The topological polar surface area (TPSA) is 9.23 Å². The fourth-order valence-corrected chi connectivity index (χ4v) is 9.29. The highest BCUT2D eigenvalue weighted by Gasteiger charge is 2.26. The van der Waals surface area contributed by atoms with Crippen LogP contribution in [0.3, 0.4) is 0 Å². The molecule has 0 saturated heterocycles. The molecule has 3 heteroatoms. The average Bonchev–Trinajstić information content (AvgIpc) is 3.22. The summed E-state index contributed by atoms with van der Waals surface area (Å²) in [4.78, 5) is 0. The van der Waals surface area contributed by atoms with Gasteiger partial charge >= 0.3 is 0 Å². The molecule has 6 rings (SSSR count). The zero-order chi connectivity index (χ0) is 38.2. The number of allylic oxidation sites excluding steroid dienone is 2. The highest BCUT2D eigenvalue weighted by molar-refractivity contribution is 5.73. The molecule has 4 aromatic carbocycles. The van der Waals surface area contributed by atoms with Gasteiger partial charge in [-0.1, -0.05) is 150 Å². The predicted molar refractivity (Wildman–Crippen MR) is 230 cm³/mol. The molecule has 0 bridgehead atoms. The van der Waals surface area contributed by atoms with Crippen molar-refractivity contribution in [2.24, 2.45) is 23.7 Å². The Balaban J connectivity index is 1.16. The Kier molecular flexibility index (Phi) is 15.9. The molecular weight excluding hydrogens is 679 g/mol. The van der Waals surface area contributed by atoms with Gasteiger partial charge < -0.3 is 4.74 Å². The van der Waals surface area contributed by atoms with Gasteiger partial charge in [-0.2, -0.15) is 0 Å². The van der Waals surface area contributed by atoms with Gasteiger partial charge in [0.05, 0.1) is 13.2 Å². The monoisotopic (exact) mass is 742 g/mol. The van der Waals surface area contributed by atoms with Crippen LogP contribution < -0.4 is 0 Å². The second kappa shape index (κ2) is 21.5. The number of ether oxygens (including phenoxy) is 1. The molecule has 292 valence electrons. The van der Waals surface area contributed by atoms with E-state index >= 15 is 0 Å². The van der Waals surface area contributed by atoms with E-state index < -0.39 is 0 Å². The van der Waals surface area contributed by atoms with E-state index in [1.807, 2.05) is 24.3 Å². The number of halogens is 2. The lowest BCUT2D eigenvalue weighted by Crippen LogP contribution is -2.17. The molecule has 0 aromatic heterocycles. The molecule has 1 nitrogen and oxygen atoms in total. The Morgan fingerprint density at radius 3 is 1.13 bits per heavy atom. The van der Waals surface area contributed by atoms with Crippen molar-refractivity contribution in [2.45, 2.75) is 117 Å². The molecule has 2 aliphatic rings. The molecule has 0 aliphatic heterocycles. The summed E-state index contributed by atoms with van der Waals surface area (Å²) in [5.41, 5.74) is 9.67. The summed E-state index contributed by atoms with van der Waals surface area (Å²) < 4.78 is 33.7. The van der Waals surface area contributed by atoms with Gasteiger partial charge in [0.25, 0.3) is 0 Å². The van der Waals surface area contributed by atoms with Gasteiger partial charge in [-0.05, 0) is 144 Å². The van der Waals surface area contributed by atoms with E-state index in [2.05, 4.69) is 74.5 Å². The lowest BCUT2D eigenvalue weighted by molar-refractivity contribution is 0.193. The first kappa shape index (κ1) is 40.8. The number of hydrogen-bond acceptors (Lipinski definition) is 1. The third-order valence-corrected chi connectivity index (χ3v) is 12.6. The molecular formula is C52H64F2O. The smallest absolute Gasteiger partial charge is 0.123 e. The second-order valence-electron chi connectivity index (χ2n) is 16.5. The van der Waals surface area contributed by atoms with Crippen LogP contribution in [0, 0.1) is 35.3 Å². The summed E-state index contributed by atoms with van der Waals surface area (Å²) in [6.07, 6.45) is 25.7. The normalized spacial score (nSPS) is 20.8. The molecule has 2 aliphatic carbocycles. The standard InChI is InChI=1S/C52H64F2O/c1-3-5-7-9-39-11-15-45(16-12-39)51(47-23-19-41(20-24-47)43-27-31-49(53)32-28-43)35-37-55-38-36-52(46-17-13-40(14-18-46)10-8-6-4-2)48-25-21-42(22-26-48)44-29-33-50(54)34-30-44/h19-36,39-40,45-46H,3-18,37-38H2,1-2H3. The van der Waals surface area contributed by atoms with E-state index in [0.29, 0.717) is 25.0 Å². The first-order valence-corrected chi connectivity index (χ1v) is 21.7. The Bertz CT molecular complexity index is 1620. The van der Waals surface area contributed by atoms with Crippen LogP contribution in [0.25, 0.3) is 33.4 Å². The zero-order valence-electron chi connectivity index (χ0n) is 33.6. The molecule has 0 unspecified atom stereocenters. The van der Waals surface area contributed by atoms with Crippen molar-refractivity contribution in [1.29, 1.82) is 0 Å². The predicted octanol–water partition coefficient (Wildman–Crippen LogP) is 15.6. The molecule has 2 saturated carbocycles. The highest BCUT2D eigenvalue weighted by Crippen LogP contribution is 2.41. The van der Waals surface area contributed by atoms with Crippen LogP contribution in [-0.2, 0) is 4.74 Å². The van der Waals surface area contributed by atoms with E-state index in [0.717, 1.165) is 34.1 Å². The number of rotatable bonds is 18. The number of unbranched alkanes of at least 4 members (excludes halogenated alkanes) is 4. The van der Waals surface area contributed by atoms with Gasteiger partial charge in [0, 0.05) is 0 Å². The van der Waals surface area contributed by atoms with Crippen molar-refractivity contribution in [3.05, 3.63) is 132 Å². The van der Waals surface area contributed by atoms with Crippen LogP contribution >= 0.6 is 0 Å². The van der Waals surface area contributed by atoms with Gasteiger partial charge in [-0.15, -0.1) is 0 Å². The van der Waals surface area contributed by atoms with E-state index in [1.165, 1.54) is 149 Å². The van der Waals surface area contributed by atoms with E-state index in [1.54, 1.807) is 0 Å². The molecule has 0 amide bonds. The quantitative estimate of drug-likeness (QED) is 0.0923. The van der Waals surface area contributed by atoms with Gasteiger partial charge in [-0.3, -0.25) is 0 Å². The summed E-state index contributed by atoms with van der Waals surface area (Å²) in [7, 11) is 0. The lowest BCUT2D eigenvalue weighted by atomic mass is 9.75. The van der Waals surface area contributed by atoms with Crippen LogP contribution in [0.15, 0.2) is 109 Å². The minimum Gasteiger partial charge on any atom is -0.373 e. The maximum Gasteiger partial charge on any atom is 0.123 e. The van der Waals surface area contributed by atoms with E-state index in [4.69, 9.17) is 4.74 Å². The second-order valence-corrected chi connectivity index (χ2v) is 16.5. The van der Waals surface area contributed by atoms with E-state index in [-0.39, 0.29) is 11.6 Å². The van der Waals surface area contributed by atoms with Gasteiger partial charge in [0.2, 0.25) is 0 Å². The Hall–Kier alpha value is -3.82. The van der Waals surface area contributed by atoms with Crippen LogP contribution in [0.1, 0.15) is 128 Å². The first-order valence-electron chi connectivity index (χ1n) is 21.7. The Morgan fingerprint density at radius 2 is 0.800 bits per heavy atom. The molecule has 0 spiro atoms. The van der Waals surface area contributed by atoms with E-state index in [9.17, 15) is 8.78 Å². The fourth-order valence-electron chi connectivity index (χ4n) is 9.29. The van der Waals surface area contributed by atoms with Crippen LogP contribution in [0.5, 0.6) is 0 Å². The highest BCUT2D eigenvalue weighted by atomic mass is 19.1. The van der Waals surface area contributed by atoms with Crippen molar-refractivity contribution in [3.63, 3.8) is 0 Å². The van der Waals surface area contributed by atoms with Crippen molar-refractivity contribution in [1.82, 2.24) is 0 Å². The lowest BCUT2D eigenvalue weighted by Gasteiger charge is -2.31. The Labute approximate surface area is 331 Å². The largest absolute Gasteiger partial charge is 0.373 e. The Morgan fingerprint density at radius 1 is 0.473 bits per heavy atom. The van der Waals surface area contributed by atoms with Crippen molar-refractivity contribution in [2.75, 3.05) is 13.2 Å². The van der Waals surface area contributed by atoms with Crippen LogP contribution in [0.2, 0.25) is 0 Å². The van der Waals surface area contributed by atoms with Crippen LogP contribution in [0.4, 0.5) is 8.78 Å². The van der Waals surface area contributed by atoms with Gasteiger partial charge in [0.1, 0.15) is 11.6 Å². The average molecular weight is 743 g/mol. The van der Waals surface area contributed by atoms with Crippen molar-refractivity contribution < 1.29 is 13.5 Å². The minimum atomic E-state index is -0.206. The maximum atomic E-state index is 13.6. The molecule has 2 fully saturated rings. The molecule has 0 atom stereocenters. The van der Waals surface area contributed by atoms with Crippen molar-refractivity contribution in [3.8, 4) is 22.3 Å².